The fraction of sp³-hybridized carbons (Fsp3) is 0.350. The van der Waals surface area contributed by atoms with Gasteiger partial charge >= 0.3 is 0 Å². The van der Waals surface area contributed by atoms with Gasteiger partial charge in [0, 0.05) is 17.5 Å². The predicted octanol–water partition coefficient (Wildman–Crippen LogP) is 5.18. The van der Waals surface area contributed by atoms with E-state index in [0.717, 1.165) is 28.2 Å². The number of thioether (sulfide) groups is 1. The second-order valence-electron chi connectivity index (χ2n) is 5.88. The van der Waals surface area contributed by atoms with Crippen LogP contribution in [0.3, 0.4) is 0 Å². The van der Waals surface area contributed by atoms with Crippen molar-refractivity contribution in [1.82, 2.24) is 5.32 Å². The predicted molar refractivity (Wildman–Crippen MR) is 101 cm³/mol. The van der Waals surface area contributed by atoms with Crippen LogP contribution in [0.15, 0.2) is 35.2 Å². The zero-order valence-corrected chi connectivity index (χ0v) is 15.8. The van der Waals surface area contributed by atoms with Gasteiger partial charge in [-0.05, 0) is 73.3 Å². The maximum Gasteiger partial charge on any atom is 0.283 e. The normalized spacial score (nSPS) is 10.5. The Morgan fingerprint density at radius 3 is 2.50 bits per heavy atom. The Morgan fingerprint density at radius 1 is 1.12 bits per heavy atom. The molecule has 3 nitrogen and oxygen atoms in total. The van der Waals surface area contributed by atoms with Crippen LogP contribution in [0.4, 0.5) is 4.79 Å². The zero-order valence-electron chi connectivity index (χ0n) is 15.0. The molecule has 0 saturated carbocycles. The van der Waals surface area contributed by atoms with Crippen LogP contribution in [0.5, 0.6) is 5.75 Å². The lowest BCUT2D eigenvalue weighted by molar-refractivity contribution is 0.262. The van der Waals surface area contributed by atoms with E-state index in [0.29, 0.717) is 6.61 Å². The SMILES string of the molecule is CCc1cccc(SC(=O)NC)c1COc1cc(C)c(C)cc1C. The third kappa shape index (κ3) is 4.32. The number of hydrogen-bond acceptors (Lipinski definition) is 3. The van der Waals surface area contributed by atoms with Gasteiger partial charge in [-0.1, -0.05) is 25.1 Å². The van der Waals surface area contributed by atoms with E-state index < -0.39 is 0 Å². The first-order chi connectivity index (χ1) is 11.5. The molecule has 0 spiro atoms. The molecule has 24 heavy (non-hydrogen) atoms. The molecule has 1 amide bonds. The Hall–Kier alpha value is -1.94. The van der Waals surface area contributed by atoms with Crippen LogP contribution >= 0.6 is 11.8 Å². The average molecular weight is 343 g/mol. The van der Waals surface area contributed by atoms with Gasteiger partial charge in [0.1, 0.15) is 12.4 Å². The Bertz CT molecular complexity index is 741. The fourth-order valence-corrected chi connectivity index (χ4v) is 3.35. The van der Waals surface area contributed by atoms with Gasteiger partial charge in [-0.25, -0.2) is 0 Å². The summed E-state index contributed by atoms with van der Waals surface area (Å²) < 4.78 is 6.11. The topological polar surface area (TPSA) is 38.3 Å². The van der Waals surface area contributed by atoms with E-state index in [2.05, 4.69) is 51.2 Å². The van der Waals surface area contributed by atoms with Crippen LogP contribution in [0, 0.1) is 20.8 Å². The van der Waals surface area contributed by atoms with Crippen molar-refractivity contribution in [2.24, 2.45) is 0 Å². The van der Waals surface area contributed by atoms with Crippen LogP contribution in [-0.4, -0.2) is 12.3 Å². The van der Waals surface area contributed by atoms with Crippen molar-refractivity contribution < 1.29 is 9.53 Å². The number of carbonyl (C=O) groups is 1. The second kappa shape index (κ2) is 8.25. The molecular formula is C20H25NO2S. The first-order valence-electron chi connectivity index (χ1n) is 8.17. The molecule has 0 bridgehead atoms. The number of aryl methyl sites for hydroxylation is 4. The standard InChI is InChI=1S/C20H25NO2S/c1-6-16-8-7-9-19(24-20(22)21-5)17(16)12-23-18-11-14(3)13(2)10-15(18)4/h7-11H,6,12H2,1-5H3,(H,21,22). The quantitative estimate of drug-likeness (QED) is 0.760. The molecule has 2 aromatic carbocycles. The molecule has 0 unspecified atom stereocenters. The Kier molecular flexibility index (Phi) is 6.32. The number of ether oxygens (including phenoxy) is 1. The average Bonchev–Trinajstić information content (AvgIpc) is 2.57. The third-order valence-corrected chi connectivity index (χ3v) is 5.17. The second-order valence-corrected chi connectivity index (χ2v) is 6.89. The molecule has 0 aliphatic carbocycles. The number of benzene rings is 2. The van der Waals surface area contributed by atoms with Crippen LogP contribution in [0.1, 0.15) is 34.7 Å². The van der Waals surface area contributed by atoms with E-state index in [-0.39, 0.29) is 5.24 Å². The molecule has 1 N–H and O–H groups in total. The van der Waals surface area contributed by atoms with E-state index in [1.165, 1.54) is 28.5 Å². The molecule has 0 fully saturated rings. The molecule has 2 rings (SSSR count). The van der Waals surface area contributed by atoms with Crippen molar-refractivity contribution in [2.75, 3.05) is 7.05 Å². The smallest absolute Gasteiger partial charge is 0.283 e. The van der Waals surface area contributed by atoms with Gasteiger partial charge in [0.2, 0.25) is 0 Å². The molecule has 0 aliphatic heterocycles. The van der Waals surface area contributed by atoms with Gasteiger partial charge in [0.15, 0.2) is 0 Å². The molecule has 0 radical (unpaired) electrons. The molecular weight excluding hydrogens is 318 g/mol. The third-order valence-electron chi connectivity index (χ3n) is 4.18. The molecule has 0 heterocycles. The summed E-state index contributed by atoms with van der Waals surface area (Å²) in [6.45, 7) is 8.85. The van der Waals surface area contributed by atoms with Gasteiger partial charge in [0.05, 0.1) is 0 Å². The molecule has 0 aliphatic rings. The lowest BCUT2D eigenvalue weighted by atomic mass is 10.0. The summed E-state index contributed by atoms with van der Waals surface area (Å²) in [5.41, 5.74) is 5.92. The largest absolute Gasteiger partial charge is 0.489 e. The first kappa shape index (κ1) is 18.4. The highest BCUT2D eigenvalue weighted by molar-refractivity contribution is 8.13. The van der Waals surface area contributed by atoms with E-state index in [9.17, 15) is 4.79 Å². The van der Waals surface area contributed by atoms with Crippen LogP contribution in [0.25, 0.3) is 0 Å². The lowest BCUT2D eigenvalue weighted by Gasteiger charge is -2.16. The minimum Gasteiger partial charge on any atom is -0.489 e. The zero-order chi connectivity index (χ0) is 17.7. The molecule has 128 valence electrons. The van der Waals surface area contributed by atoms with Crippen LogP contribution in [-0.2, 0) is 13.0 Å². The van der Waals surface area contributed by atoms with Crippen molar-refractivity contribution in [1.29, 1.82) is 0 Å². The van der Waals surface area contributed by atoms with Crippen molar-refractivity contribution in [3.8, 4) is 5.75 Å². The van der Waals surface area contributed by atoms with Crippen LogP contribution in [0.2, 0.25) is 0 Å². The number of rotatable bonds is 5. The molecule has 2 aromatic rings. The Morgan fingerprint density at radius 2 is 1.83 bits per heavy atom. The van der Waals surface area contributed by atoms with Crippen molar-refractivity contribution in [3.05, 3.63) is 58.1 Å². The summed E-state index contributed by atoms with van der Waals surface area (Å²) >= 11 is 1.21. The summed E-state index contributed by atoms with van der Waals surface area (Å²) in [4.78, 5) is 12.7. The number of carbonyl (C=O) groups excluding carboxylic acids is 1. The maximum absolute atomic E-state index is 11.8. The summed E-state index contributed by atoms with van der Waals surface area (Å²) in [6, 6.07) is 10.3. The monoisotopic (exact) mass is 343 g/mol. The number of nitrogens with one attached hydrogen (secondary N) is 1. The van der Waals surface area contributed by atoms with Crippen molar-refractivity contribution in [2.45, 2.75) is 45.6 Å². The summed E-state index contributed by atoms with van der Waals surface area (Å²) in [6.07, 6.45) is 0.909. The minimum atomic E-state index is -0.0631. The number of hydrogen-bond donors (Lipinski definition) is 1. The Labute approximate surface area is 148 Å². The molecule has 0 saturated heterocycles. The summed E-state index contributed by atoms with van der Waals surface area (Å²) in [5.74, 6) is 0.903. The van der Waals surface area contributed by atoms with E-state index in [1.807, 2.05) is 12.1 Å². The summed E-state index contributed by atoms with van der Waals surface area (Å²) in [7, 11) is 1.65. The number of amides is 1. The van der Waals surface area contributed by atoms with Gasteiger partial charge < -0.3 is 10.1 Å². The summed E-state index contributed by atoms with van der Waals surface area (Å²) in [5, 5.41) is 2.59. The van der Waals surface area contributed by atoms with Gasteiger partial charge in [-0.15, -0.1) is 0 Å². The first-order valence-corrected chi connectivity index (χ1v) is 8.98. The highest BCUT2D eigenvalue weighted by Gasteiger charge is 2.13. The van der Waals surface area contributed by atoms with E-state index in [4.69, 9.17) is 4.74 Å². The minimum absolute atomic E-state index is 0.0631. The van der Waals surface area contributed by atoms with Gasteiger partial charge in [-0.3, -0.25) is 4.79 Å². The van der Waals surface area contributed by atoms with E-state index >= 15 is 0 Å². The maximum atomic E-state index is 11.8. The van der Waals surface area contributed by atoms with Crippen molar-refractivity contribution in [3.63, 3.8) is 0 Å². The highest BCUT2D eigenvalue weighted by atomic mass is 32.2. The molecule has 0 atom stereocenters. The lowest BCUT2D eigenvalue weighted by Crippen LogP contribution is -2.12. The molecule has 0 aromatic heterocycles. The van der Waals surface area contributed by atoms with Gasteiger partial charge in [0.25, 0.3) is 5.24 Å². The van der Waals surface area contributed by atoms with Crippen molar-refractivity contribution >= 4 is 17.0 Å². The fourth-order valence-electron chi connectivity index (χ4n) is 2.59. The Balaban J connectivity index is 2.28. The molecule has 4 heteroatoms. The van der Waals surface area contributed by atoms with Crippen LogP contribution < -0.4 is 10.1 Å². The van der Waals surface area contributed by atoms with Gasteiger partial charge in [-0.2, -0.15) is 0 Å². The van der Waals surface area contributed by atoms with E-state index in [1.54, 1.807) is 7.05 Å². The highest BCUT2D eigenvalue weighted by Crippen LogP contribution is 2.29.